The number of hydrogen-bond acceptors (Lipinski definition) is 7. The van der Waals surface area contributed by atoms with E-state index in [0.29, 0.717) is 23.6 Å². The second-order valence-corrected chi connectivity index (χ2v) is 8.19. The Morgan fingerprint density at radius 2 is 1.79 bits per heavy atom. The summed E-state index contributed by atoms with van der Waals surface area (Å²) in [5.41, 5.74) is 1.56. The third-order valence-corrected chi connectivity index (χ3v) is 6.08. The molecule has 0 unspecified atom stereocenters. The quantitative estimate of drug-likeness (QED) is 0.534. The first-order chi connectivity index (χ1) is 16.0. The first-order valence-corrected chi connectivity index (χ1v) is 11.3. The van der Waals surface area contributed by atoms with Gasteiger partial charge in [-0.15, -0.1) is 0 Å². The molecule has 1 amide bonds. The summed E-state index contributed by atoms with van der Waals surface area (Å²) in [4.78, 5) is 30.2. The number of fused-ring (bicyclic) bond motifs is 1. The number of aromatic nitrogens is 4. The molecule has 1 aromatic carbocycles. The summed E-state index contributed by atoms with van der Waals surface area (Å²) >= 11 is 0. The zero-order chi connectivity index (χ0) is 23.4. The third kappa shape index (κ3) is 5.23. The molecule has 2 aromatic heterocycles. The minimum atomic E-state index is -0.348. The Bertz CT molecular complexity index is 1160. The van der Waals surface area contributed by atoms with E-state index < -0.39 is 0 Å². The van der Waals surface area contributed by atoms with Crippen LogP contribution in [0.4, 0.5) is 0 Å². The average molecular weight is 454 g/mol. The molecule has 0 atom stereocenters. The Morgan fingerprint density at radius 3 is 2.45 bits per heavy atom. The number of carbonyl (C=O) groups is 1. The predicted octanol–water partition coefficient (Wildman–Crippen LogP) is 0.629. The SMILES string of the molecule is CCN1CCN(CCNC(=O)Cn2nc(C)n3nc(-c4ccc(OC)cc4)cc3c2=O)CC1. The maximum atomic E-state index is 13.0. The lowest BCUT2D eigenvalue weighted by Crippen LogP contribution is -2.48. The monoisotopic (exact) mass is 453 g/mol. The summed E-state index contributed by atoms with van der Waals surface area (Å²) in [7, 11) is 1.61. The van der Waals surface area contributed by atoms with E-state index in [0.717, 1.165) is 50.6 Å². The van der Waals surface area contributed by atoms with Crippen molar-refractivity contribution in [3.05, 3.63) is 46.5 Å². The molecule has 0 aliphatic carbocycles. The molecule has 4 rings (SSSR count). The molecule has 1 aliphatic rings. The first-order valence-electron chi connectivity index (χ1n) is 11.3. The number of methoxy groups -OCH3 is 1. The van der Waals surface area contributed by atoms with Gasteiger partial charge in [0.15, 0.2) is 0 Å². The van der Waals surface area contributed by atoms with E-state index in [-0.39, 0.29) is 18.0 Å². The number of ether oxygens (including phenoxy) is 1. The lowest BCUT2D eigenvalue weighted by atomic mass is 10.1. The number of piperazine rings is 1. The van der Waals surface area contributed by atoms with Gasteiger partial charge in [-0.05, 0) is 43.8 Å². The fourth-order valence-corrected chi connectivity index (χ4v) is 4.06. The van der Waals surface area contributed by atoms with Crippen molar-refractivity contribution >= 4 is 11.4 Å². The maximum Gasteiger partial charge on any atom is 0.293 e. The van der Waals surface area contributed by atoms with Crippen molar-refractivity contribution in [3.63, 3.8) is 0 Å². The highest BCUT2D eigenvalue weighted by molar-refractivity contribution is 5.75. The van der Waals surface area contributed by atoms with E-state index in [9.17, 15) is 9.59 Å². The van der Waals surface area contributed by atoms with Crippen LogP contribution in [0.5, 0.6) is 5.75 Å². The van der Waals surface area contributed by atoms with Crippen LogP contribution in [-0.2, 0) is 11.3 Å². The second kappa shape index (κ2) is 10.1. The second-order valence-electron chi connectivity index (χ2n) is 8.19. The van der Waals surface area contributed by atoms with E-state index in [1.807, 2.05) is 24.3 Å². The van der Waals surface area contributed by atoms with Crippen LogP contribution in [0.15, 0.2) is 35.1 Å². The summed E-state index contributed by atoms with van der Waals surface area (Å²) in [5, 5.41) is 11.7. The first kappa shape index (κ1) is 22.9. The number of benzene rings is 1. The number of nitrogens with zero attached hydrogens (tertiary/aromatic N) is 6. The van der Waals surface area contributed by atoms with Crippen molar-refractivity contribution in [2.75, 3.05) is 52.9 Å². The van der Waals surface area contributed by atoms with Gasteiger partial charge < -0.3 is 15.0 Å². The summed E-state index contributed by atoms with van der Waals surface area (Å²) < 4.78 is 7.92. The molecular formula is C23H31N7O3. The van der Waals surface area contributed by atoms with E-state index in [1.54, 1.807) is 20.1 Å². The van der Waals surface area contributed by atoms with Crippen LogP contribution in [0, 0.1) is 6.92 Å². The molecule has 1 saturated heterocycles. The normalized spacial score (nSPS) is 15.1. The Hall–Kier alpha value is -3.24. The number of carbonyl (C=O) groups excluding carboxylic acids is 1. The van der Waals surface area contributed by atoms with Crippen LogP contribution >= 0.6 is 0 Å². The highest BCUT2D eigenvalue weighted by atomic mass is 16.5. The van der Waals surface area contributed by atoms with Crippen molar-refractivity contribution in [1.29, 1.82) is 0 Å². The van der Waals surface area contributed by atoms with Gasteiger partial charge >= 0.3 is 0 Å². The molecule has 3 heterocycles. The Balaban J connectivity index is 1.41. The number of aryl methyl sites for hydroxylation is 1. The molecule has 10 nitrogen and oxygen atoms in total. The summed E-state index contributed by atoms with van der Waals surface area (Å²) in [6.45, 7) is 10.4. The molecular weight excluding hydrogens is 422 g/mol. The third-order valence-electron chi connectivity index (χ3n) is 6.08. The van der Waals surface area contributed by atoms with Gasteiger partial charge in [-0.1, -0.05) is 6.92 Å². The van der Waals surface area contributed by atoms with E-state index in [2.05, 4.69) is 32.2 Å². The zero-order valence-corrected chi connectivity index (χ0v) is 19.5. The van der Waals surface area contributed by atoms with Gasteiger partial charge in [-0.3, -0.25) is 14.5 Å². The van der Waals surface area contributed by atoms with Crippen LogP contribution in [0.3, 0.4) is 0 Å². The Morgan fingerprint density at radius 1 is 1.09 bits per heavy atom. The largest absolute Gasteiger partial charge is 0.497 e. The van der Waals surface area contributed by atoms with Crippen LogP contribution < -0.4 is 15.6 Å². The van der Waals surface area contributed by atoms with Crippen molar-refractivity contribution in [2.24, 2.45) is 0 Å². The van der Waals surface area contributed by atoms with Crippen molar-refractivity contribution in [1.82, 2.24) is 34.5 Å². The molecule has 1 N–H and O–H groups in total. The molecule has 1 aliphatic heterocycles. The fourth-order valence-electron chi connectivity index (χ4n) is 4.06. The number of nitrogens with one attached hydrogen (secondary N) is 1. The van der Waals surface area contributed by atoms with E-state index in [1.165, 1.54) is 9.20 Å². The van der Waals surface area contributed by atoms with Crippen LogP contribution in [0.2, 0.25) is 0 Å². The summed E-state index contributed by atoms with van der Waals surface area (Å²) in [6.07, 6.45) is 0. The maximum absolute atomic E-state index is 13.0. The number of rotatable bonds is 8. The molecule has 0 saturated carbocycles. The Labute approximate surface area is 192 Å². The van der Waals surface area contributed by atoms with Gasteiger partial charge in [-0.2, -0.15) is 10.2 Å². The van der Waals surface area contributed by atoms with Crippen molar-refractivity contribution < 1.29 is 9.53 Å². The predicted molar refractivity (Wildman–Crippen MR) is 126 cm³/mol. The lowest BCUT2D eigenvalue weighted by molar-refractivity contribution is -0.122. The number of likely N-dealkylation sites (N-methyl/N-ethyl adjacent to an activating group) is 1. The van der Waals surface area contributed by atoms with Gasteiger partial charge in [0.25, 0.3) is 5.56 Å². The number of amides is 1. The van der Waals surface area contributed by atoms with Gasteiger partial charge in [0.2, 0.25) is 5.91 Å². The van der Waals surface area contributed by atoms with Gasteiger partial charge in [0, 0.05) is 44.8 Å². The molecule has 0 bridgehead atoms. The van der Waals surface area contributed by atoms with Crippen LogP contribution in [0.1, 0.15) is 12.7 Å². The molecule has 1 fully saturated rings. The highest BCUT2D eigenvalue weighted by Gasteiger charge is 2.17. The van der Waals surface area contributed by atoms with Crippen molar-refractivity contribution in [3.8, 4) is 17.0 Å². The molecule has 10 heteroatoms. The minimum absolute atomic E-state index is 0.122. The van der Waals surface area contributed by atoms with Gasteiger partial charge in [0.1, 0.15) is 23.6 Å². The molecule has 3 aromatic rings. The molecule has 33 heavy (non-hydrogen) atoms. The molecule has 0 radical (unpaired) electrons. The van der Waals surface area contributed by atoms with Gasteiger partial charge in [-0.25, -0.2) is 9.20 Å². The molecule has 0 spiro atoms. The smallest absolute Gasteiger partial charge is 0.293 e. The fraction of sp³-hybridized carbons (Fsp3) is 0.478. The van der Waals surface area contributed by atoms with E-state index >= 15 is 0 Å². The summed E-state index contributed by atoms with van der Waals surface area (Å²) in [5.74, 6) is 1.05. The lowest BCUT2D eigenvalue weighted by Gasteiger charge is -2.33. The average Bonchev–Trinajstić information content (AvgIpc) is 3.29. The van der Waals surface area contributed by atoms with Crippen LogP contribution in [-0.4, -0.2) is 88.0 Å². The van der Waals surface area contributed by atoms with E-state index in [4.69, 9.17) is 4.74 Å². The summed E-state index contributed by atoms with van der Waals surface area (Å²) in [6, 6.07) is 9.19. The van der Waals surface area contributed by atoms with Gasteiger partial charge in [0.05, 0.1) is 12.8 Å². The van der Waals surface area contributed by atoms with Crippen molar-refractivity contribution in [2.45, 2.75) is 20.4 Å². The minimum Gasteiger partial charge on any atom is -0.497 e. The Kier molecular flexibility index (Phi) is 7.05. The zero-order valence-electron chi connectivity index (χ0n) is 19.5. The topological polar surface area (TPSA) is 97.0 Å². The number of hydrogen-bond donors (Lipinski definition) is 1. The molecule has 176 valence electrons. The highest BCUT2D eigenvalue weighted by Crippen LogP contribution is 2.21. The standard InChI is InChI=1S/C23H31N7O3/c1-4-27-11-13-28(14-12-27)10-9-24-22(31)16-29-23(32)21-15-20(26-30(21)17(2)25-29)18-5-7-19(33-3)8-6-18/h5-8,15H,4,9-14,16H2,1-3H3,(H,24,31). The van der Waals surface area contributed by atoms with Crippen LogP contribution in [0.25, 0.3) is 16.8 Å².